The van der Waals surface area contributed by atoms with Gasteiger partial charge in [-0.1, -0.05) is 118 Å². The third-order valence-electron chi connectivity index (χ3n) is 8.89. The van der Waals surface area contributed by atoms with Crippen LogP contribution in [0.15, 0.2) is 108 Å². The summed E-state index contributed by atoms with van der Waals surface area (Å²) in [5.74, 6) is 0.395. The van der Waals surface area contributed by atoms with Crippen LogP contribution in [0.2, 0.25) is 5.04 Å². The highest BCUT2D eigenvalue weighted by Crippen LogP contribution is 2.39. The van der Waals surface area contributed by atoms with Crippen molar-refractivity contribution in [3.8, 4) is 11.5 Å². The molecular weight excluding hydrogens is 587 g/mol. The highest BCUT2D eigenvalue weighted by molar-refractivity contribution is 6.99. The van der Waals surface area contributed by atoms with E-state index in [1.54, 1.807) is 26.2 Å². The summed E-state index contributed by atoms with van der Waals surface area (Å²) < 4.78 is 13.1. The molecular formula is C40H51NO4Si. The number of nitrogens with one attached hydrogen (secondary N) is 1. The Balaban J connectivity index is 1.66. The second kappa shape index (κ2) is 16.1. The first-order valence-electron chi connectivity index (χ1n) is 16.5. The lowest BCUT2D eigenvalue weighted by atomic mass is 10.0. The molecule has 1 aliphatic heterocycles. The van der Waals surface area contributed by atoms with Crippen LogP contribution in [0.3, 0.4) is 0 Å². The molecule has 0 radical (unpaired) electrons. The van der Waals surface area contributed by atoms with E-state index in [9.17, 15) is 9.90 Å². The van der Waals surface area contributed by atoms with E-state index in [2.05, 4.69) is 106 Å². The first-order chi connectivity index (χ1) is 22.1. The van der Waals surface area contributed by atoms with Gasteiger partial charge in [-0.05, 0) is 73.5 Å². The maximum atomic E-state index is 13.0. The fraction of sp³-hybridized carbons (Fsp3) is 0.375. The summed E-state index contributed by atoms with van der Waals surface area (Å²) in [7, 11) is -1.09. The zero-order valence-corrected chi connectivity index (χ0v) is 29.4. The lowest BCUT2D eigenvalue weighted by Crippen LogP contribution is -2.67. The number of allylic oxidation sites excluding steroid dienone is 5. The average Bonchev–Trinajstić information content (AvgIpc) is 3.04. The Hall–Kier alpha value is -3.87. The van der Waals surface area contributed by atoms with Crippen molar-refractivity contribution in [1.82, 2.24) is 0 Å². The molecule has 0 saturated carbocycles. The summed E-state index contributed by atoms with van der Waals surface area (Å²) in [4.78, 5) is 13.0. The molecule has 1 atom stereocenters. The standard InChI is InChI=1S/C40H51NO4Si/c1-30-19-11-7-13-21-32(45-46(40(3,4)5,33-23-15-9-16-24-33)34-25-17-10-18-26-34)22-14-8-12-20-31(2)39(43)41-36-27-28-37(44-6)35(29-30)38(36)42/h8-10,12,15-20,23-28,32,42H,7,11,13-14,21-22,29H2,1-6H3,(H,41,43)/b12-8-,30-19+,31-20+. The molecule has 46 heavy (non-hydrogen) atoms. The molecule has 0 aromatic heterocycles. The summed E-state index contributed by atoms with van der Waals surface area (Å²) in [6, 6.07) is 25.2. The fourth-order valence-electron chi connectivity index (χ4n) is 6.39. The summed E-state index contributed by atoms with van der Waals surface area (Å²) in [6.45, 7) is 10.9. The van der Waals surface area contributed by atoms with Crippen LogP contribution in [0.5, 0.6) is 11.5 Å². The Morgan fingerprint density at radius 3 is 2.13 bits per heavy atom. The van der Waals surface area contributed by atoms with Crippen molar-refractivity contribution < 1.29 is 19.1 Å². The number of hydrogen-bond donors (Lipinski definition) is 2. The summed E-state index contributed by atoms with van der Waals surface area (Å²) in [6.07, 6.45) is 14.5. The number of benzene rings is 3. The summed E-state index contributed by atoms with van der Waals surface area (Å²) in [5, 5.41) is 16.5. The van der Waals surface area contributed by atoms with Crippen LogP contribution in [0.4, 0.5) is 5.69 Å². The van der Waals surface area contributed by atoms with E-state index in [-0.39, 0.29) is 22.8 Å². The van der Waals surface area contributed by atoms with Gasteiger partial charge in [0.15, 0.2) is 0 Å². The molecule has 1 aliphatic rings. The molecule has 3 aromatic rings. The smallest absolute Gasteiger partial charge is 0.261 e. The van der Waals surface area contributed by atoms with Crippen LogP contribution < -0.4 is 20.4 Å². The molecule has 0 aliphatic carbocycles. The maximum Gasteiger partial charge on any atom is 0.261 e. The minimum Gasteiger partial charge on any atom is -0.505 e. The number of methoxy groups -OCH3 is 1. The van der Waals surface area contributed by atoms with Crippen molar-refractivity contribution in [3.63, 3.8) is 0 Å². The largest absolute Gasteiger partial charge is 0.505 e. The van der Waals surface area contributed by atoms with Gasteiger partial charge in [0.1, 0.15) is 11.5 Å². The SMILES string of the molecule is COc1ccc2c(O)c1C/C(C)=C/CCCCC(O[Si](c1ccccc1)(c1ccccc1)C(C)(C)C)CC/C=C\C=C(/C)C(=O)N2. The minimum absolute atomic E-state index is 0.0463. The number of hydrogen-bond acceptors (Lipinski definition) is 4. The van der Waals surface area contributed by atoms with Crippen molar-refractivity contribution >= 4 is 30.3 Å². The van der Waals surface area contributed by atoms with Crippen molar-refractivity contribution in [1.29, 1.82) is 0 Å². The van der Waals surface area contributed by atoms with Crippen molar-refractivity contribution in [3.05, 3.63) is 114 Å². The second-order valence-corrected chi connectivity index (χ2v) is 17.6. The zero-order valence-electron chi connectivity index (χ0n) is 28.4. The monoisotopic (exact) mass is 637 g/mol. The Morgan fingerprint density at radius 2 is 1.52 bits per heavy atom. The number of anilines is 1. The van der Waals surface area contributed by atoms with Gasteiger partial charge in [-0.25, -0.2) is 0 Å². The van der Waals surface area contributed by atoms with E-state index >= 15 is 0 Å². The normalized spacial score (nSPS) is 20.5. The van der Waals surface area contributed by atoms with Crippen LogP contribution >= 0.6 is 0 Å². The number of phenols is 1. The van der Waals surface area contributed by atoms with Gasteiger partial charge < -0.3 is 19.6 Å². The van der Waals surface area contributed by atoms with E-state index in [1.165, 1.54) is 10.4 Å². The van der Waals surface area contributed by atoms with E-state index in [0.717, 1.165) is 44.1 Å². The first-order valence-corrected chi connectivity index (χ1v) is 18.5. The van der Waals surface area contributed by atoms with E-state index in [4.69, 9.17) is 9.16 Å². The quantitative estimate of drug-likeness (QED) is 0.167. The average molecular weight is 638 g/mol. The van der Waals surface area contributed by atoms with Gasteiger partial charge in [0, 0.05) is 23.7 Å². The molecule has 1 heterocycles. The van der Waals surface area contributed by atoms with Crippen LogP contribution in [0, 0.1) is 0 Å². The highest BCUT2D eigenvalue weighted by atomic mass is 28.4. The Bertz CT molecular complexity index is 1500. The number of carbonyl (C=O) groups is 1. The number of phenolic OH excluding ortho intramolecular Hbond substituents is 1. The third-order valence-corrected chi connectivity index (χ3v) is 14.0. The molecule has 0 saturated heterocycles. The Kier molecular flexibility index (Phi) is 12.2. The lowest BCUT2D eigenvalue weighted by molar-refractivity contribution is -0.112. The molecule has 1 unspecified atom stereocenters. The number of carbonyl (C=O) groups excluding carboxylic acids is 1. The second-order valence-electron chi connectivity index (χ2n) is 13.4. The molecule has 0 spiro atoms. The summed E-state index contributed by atoms with van der Waals surface area (Å²) >= 11 is 0. The van der Waals surface area contributed by atoms with Gasteiger partial charge in [-0.2, -0.15) is 0 Å². The molecule has 6 heteroatoms. The predicted octanol–water partition coefficient (Wildman–Crippen LogP) is 8.63. The third kappa shape index (κ3) is 8.48. The van der Waals surface area contributed by atoms with E-state index < -0.39 is 8.32 Å². The molecule has 4 rings (SSSR count). The maximum absolute atomic E-state index is 13.0. The molecule has 2 N–H and O–H groups in total. The van der Waals surface area contributed by atoms with E-state index in [0.29, 0.717) is 29.0 Å². The number of amides is 1. The molecule has 244 valence electrons. The van der Waals surface area contributed by atoms with Gasteiger partial charge in [0.05, 0.1) is 12.8 Å². The van der Waals surface area contributed by atoms with Crippen molar-refractivity contribution in [2.24, 2.45) is 0 Å². The van der Waals surface area contributed by atoms with Crippen molar-refractivity contribution in [2.75, 3.05) is 12.4 Å². The number of ether oxygens (including phenoxy) is 1. The minimum atomic E-state index is -2.69. The van der Waals surface area contributed by atoms with Gasteiger partial charge in [-0.15, -0.1) is 0 Å². The van der Waals surface area contributed by atoms with Crippen molar-refractivity contribution in [2.45, 2.75) is 90.7 Å². The van der Waals surface area contributed by atoms with Crippen LogP contribution in [0.1, 0.15) is 78.7 Å². The molecule has 1 amide bonds. The highest BCUT2D eigenvalue weighted by Gasteiger charge is 2.51. The Morgan fingerprint density at radius 1 is 0.870 bits per heavy atom. The van der Waals surface area contributed by atoms with E-state index in [1.807, 2.05) is 12.2 Å². The number of rotatable bonds is 5. The zero-order chi connectivity index (χ0) is 33.2. The first kappa shape index (κ1) is 35.0. The Labute approximate surface area is 277 Å². The topological polar surface area (TPSA) is 67.8 Å². The summed E-state index contributed by atoms with van der Waals surface area (Å²) in [5.41, 5.74) is 2.76. The van der Waals surface area contributed by atoms with Gasteiger partial charge in [0.2, 0.25) is 0 Å². The number of aromatic hydroxyl groups is 1. The molecule has 5 nitrogen and oxygen atoms in total. The predicted molar refractivity (Wildman–Crippen MR) is 194 cm³/mol. The molecule has 0 fully saturated rings. The van der Waals surface area contributed by atoms with Crippen LogP contribution in [-0.2, 0) is 15.6 Å². The molecule has 2 bridgehead atoms. The van der Waals surface area contributed by atoms with Gasteiger partial charge in [-0.3, -0.25) is 4.79 Å². The van der Waals surface area contributed by atoms with Gasteiger partial charge in [0.25, 0.3) is 14.2 Å². The number of fused-ring (bicyclic) bond motifs is 2. The lowest BCUT2D eigenvalue weighted by Gasteiger charge is -2.45. The van der Waals surface area contributed by atoms with Gasteiger partial charge >= 0.3 is 0 Å². The molecule has 3 aromatic carbocycles. The fourth-order valence-corrected chi connectivity index (χ4v) is 11.1. The van der Waals surface area contributed by atoms with Crippen LogP contribution in [-0.4, -0.2) is 32.5 Å². The van der Waals surface area contributed by atoms with Crippen LogP contribution in [0.25, 0.3) is 0 Å².